The number of rotatable bonds is 8. The molecule has 1 aliphatic heterocycles. The first-order valence-electron chi connectivity index (χ1n) is 8.47. The lowest BCUT2D eigenvalue weighted by Gasteiger charge is -2.32. The number of likely N-dealkylation sites (tertiary alicyclic amines) is 1. The molecule has 1 N–H and O–H groups in total. The molecule has 0 spiro atoms. The number of halogens is 1. The number of piperidine rings is 1. The van der Waals surface area contributed by atoms with Gasteiger partial charge in [0.1, 0.15) is 5.82 Å². The molecule has 0 unspecified atom stereocenters. The van der Waals surface area contributed by atoms with E-state index in [1.165, 1.54) is 12.1 Å². The third kappa shape index (κ3) is 5.60. The summed E-state index contributed by atoms with van der Waals surface area (Å²) in [5.41, 5.74) is 0.737. The van der Waals surface area contributed by atoms with Crippen molar-refractivity contribution in [1.29, 1.82) is 0 Å². The molecule has 1 atom stereocenters. The zero-order valence-corrected chi connectivity index (χ0v) is 14.1. The fourth-order valence-corrected chi connectivity index (χ4v) is 2.81. The van der Waals surface area contributed by atoms with Gasteiger partial charge in [0, 0.05) is 39.3 Å². The van der Waals surface area contributed by atoms with Crippen molar-refractivity contribution in [2.45, 2.75) is 32.7 Å². The van der Waals surface area contributed by atoms with Gasteiger partial charge in [-0.15, -0.1) is 0 Å². The number of nitrogens with zero attached hydrogens (tertiary/aromatic N) is 1. The second-order valence-corrected chi connectivity index (χ2v) is 5.98. The molecule has 1 saturated heterocycles. The Kier molecular flexibility index (Phi) is 7.18. The number of carbonyl (C=O) groups is 2. The third-order valence-electron chi connectivity index (χ3n) is 4.10. The van der Waals surface area contributed by atoms with E-state index >= 15 is 0 Å². The second kappa shape index (κ2) is 9.37. The molecule has 0 aliphatic carbocycles. The van der Waals surface area contributed by atoms with Gasteiger partial charge in [-0.2, -0.15) is 0 Å². The quantitative estimate of drug-likeness (QED) is 0.740. The van der Waals surface area contributed by atoms with Crippen LogP contribution in [0.2, 0.25) is 0 Å². The molecular weight excluding hydrogens is 311 g/mol. The molecular formula is C18H25FN2O3. The van der Waals surface area contributed by atoms with Gasteiger partial charge in [0.2, 0.25) is 11.8 Å². The third-order valence-corrected chi connectivity index (χ3v) is 4.10. The van der Waals surface area contributed by atoms with Gasteiger partial charge in [-0.05, 0) is 37.5 Å². The Morgan fingerprint density at radius 3 is 3.04 bits per heavy atom. The maximum absolute atomic E-state index is 13.3. The summed E-state index contributed by atoms with van der Waals surface area (Å²) in [6.07, 6.45) is 1.69. The lowest BCUT2D eigenvalue weighted by molar-refractivity contribution is -0.138. The van der Waals surface area contributed by atoms with Crippen molar-refractivity contribution in [3.63, 3.8) is 0 Å². The number of amides is 2. The maximum atomic E-state index is 13.3. The Morgan fingerprint density at radius 2 is 2.29 bits per heavy atom. The summed E-state index contributed by atoms with van der Waals surface area (Å²) in [6, 6.07) is 6.21. The van der Waals surface area contributed by atoms with Crippen LogP contribution in [0.3, 0.4) is 0 Å². The zero-order chi connectivity index (χ0) is 17.4. The zero-order valence-electron chi connectivity index (χ0n) is 14.1. The van der Waals surface area contributed by atoms with E-state index in [2.05, 4.69) is 5.32 Å². The van der Waals surface area contributed by atoms with Crippen molar-refractivity contribution in [2.75, 3.05) is 26.3 Å². The van der Waals surface area contributed by atoms with Gasteiger partial charge >= 0.3 is 0 Å². The van der Waals surface area contributed by atoms with E-state index in [-0.39, 0.29) is 23.5 Å². The van der Waals surface area contributed by atoms with Crippen LogP contribution in [0, 0.1) is 11.7 Å². The van der Waals surface area contributed by atoms with Crippen LogP contribution < -0.4 is 5.32 Å². The van der Waals surface area contributed by atoms with E-state index < -0.39 is 0 Å². The molecule has 0 saturated carbocycles. The molecule has 2 rings (SSSR count). The van der Waals surface area contributed by atoms with E-state index in [1.807, 2.05) is 6.92 Å². The Labute approximate surface area is 142 Å². The summed E-state index contributed by atoms with van der Waals surface area (Å²) in [6.45, 7) is 4.54. The van der Waals surface area contributed by atoms with Crippen LogP contribution in [-0.2, 0) is 20.9 Å². The molecule has 2 amide bonds. The fraction of sp³-hybridized carbons (Fsp3) is 0.556. The van der Waals surface area contributed by atoms with Crippen molar-refractivity contribution in [2.24, 2.45) is 5.92 Å². The average Bonchev–Trinajstić information content (AvgIpc) is 2.56. The highest BCUT2D eigenvalue weighted by atomic mass is 19.1. The summed E-state index contributed by atoms with van der Waals surface area (Å²) < 4.78 is 18.5. The standard InChI is InChI=1S/C18H25FN2O3/c1-2-24-10-4-9-20-18(23)15-7-8-17(22)21(13-15)12-14-5-3-6-16(19)11-14/h3,5-6,11,15H,2,4,7-10,12-13H2,1H3,(H,20,23)/t15-/m1/s1. The molecule has 1 aliphatic rings. The first kappa shape index (κ1) is 18.4. The molecule has 24 heavy (non-hydrogen) atoms. The van der Waals surface area contributed by atoms with Crippen LogP contribution in [-0.4, -0.2) is 43.0 Å². The Morgan fingerprint density at radius 1 is 1.46 bits per heavy atom. The highest BCUT2D eigenvalue weighted by Crippen LogP contribution is 2.20. The summed E-state index contributed by atoms with van der Waals surface area (Å²) in [5.74, 6) is -0.535. The Bertz CT molecular complexity index is 565. The maximum Gasteiger partial charge on any atom is 0.224 e. The van der Waals surface area contributed by atoms with Crippen molar-refractivity contribution in [3.8, 4) is 0 Å². The molecule has 1 heterocycles. The summed E-state index contributed by atoms with van der Waals surface area (Å²) >= 11 is 0. The molecule has 1 fully saturated rings. The number of carbonyl (C=O) groups excluding carboxylic acids is 2. The van der Waals surface area contributed by atoms with Gasteiger partial charge in [-0.1, -0.05) is 12.1 Å². The first-order chi connectivity index (χ1) is 11.6. The normalized spacial score (nSPS) is 17.8. The van der Waals surface area contributed by atoms with E-state index in [9.17, 15) is 14.0 Å². The van der Waals surface area contributed by atoms with Crippen molar-refractivity contribution in [1.82, 2.24) is 10.2 Å². The van der Waals surface area contributed by atoms with Gasteiger partial charge < -0.3 is 15.0 Å². The largest absolute Gasteiger partial charge is 0.382 e. The SMILES string of the molecule is CCOCCCNC(=O)[C@@H]1CCC(=O)N(Cc2cccc(F)c2)C1. The van der Waals surface area contributed by atoms with Crippen LogP contribution in [0.4, 0.5) is 4.39 Å². The predicted molar refractivity (Wildman–Crippen MR) is 88.7 cm³/mol. The summed E-state index contributed by atoms with van der Waals surface area (Å²) in [7, 11) is 0. The smallest absolute Gasteiger partial charge is 0.224 e. The van der Waals surface area contributed by atoms with Crippen molar-refractivity contribution < 1.29 is 18.7 Å². The molecule has 0 aromatic heterocycles. The van der Waals surface area contributed by atoms with Crippen LogP contribution >= 0.6 is 0 Å². The topological polar surface area (TPSA) is 58.6 Å². The molecule has 1 aromatic rings. The van der Waals surface area contributed by atoms with E-state index in [0.717, 1.165) is 12.0 Å². The van der Waals surface area contributed by atoms with Crippen molar-refractivity contribution >= 4 is 11.8 Å². The Hall–Kier alpha value is -1.95. The molecule has 6 heteroatoms. The molecule has 0 bridgehead atoms. The molecule has 132 valence electrons. The van der Waals surface area contributed by atoms with E-state index in [0.29, 0.717) is 45.7 Å². The van der Waals surface area contributed by atoms with E-state index in [4.69, 9.17) is 4.74 Å². The van der Waals surface area contributed by atoms with Crippen molar-refractivity contribution in [3.05, 3.63) is 35.6 Å². The first-order valence-corrected chi connectivity index (χ1v) is 8.47. The number of hydrogen-bond acceptors (Lipinski definition) is 3. The predicted octanol–water partition coefficient (Wildman–Crippen LogP) is 2.11. The minimum Gasteiger partial charge on any atom is -0.382 e. The molecule has 0 radical (unpaired) electrons. The van der Waals surface area contributed by atoms with Crippen LogP contribution in [0.25, 0.3) is 0 Å². The van der Waals surface area contributed by atoms with Gasteiger partial charge in [0.05, 0.1) is 5.92 Å². The molecule has 1 aromatic carbocycles. The molecule has 5 nitrogen and oxygen atoms in total. The number of nitrogens with one attached hydrogen (secondary N) is 1. The number of benzene rings is 1. The summed E-state index contributed by atoms with van der Waals surface area (Å²) in [5, 5.41) is 2.90. The second-order valence-electron chi connectivity index (χ2n) is 5.98. The lowest BCUT2D eigenvalue weighted by Crippen LogP contribution is -2.45. The van der Waals surface area contributed by atoms with Gasteiger partial charge in [-0.25, -0.2) is 4.39 Å². The fourth-order valence-electron chi connectivity index (χ4n) is 2.81. The van der Waals surface area contributed by atoms with Gasteiger partial charge in [-0.3, -0.25) is 9.59 Å². The van der Waals surface area contributed by atoms with Crippen LogP contribution in [0.15, 0.2) is 24.3 Å². The summed E-state index contributed by atoms with van der Waals surface area (Å²) in [4.78, 5) is 25.9. The van der Waals surface area contributed by atoms with Gasteiger partial charge in [0.25, 0.3) is 0 Å². The Balaban J connectivity index is 1.83. The van der Waals surface area contributed by atoms with E-state index in [1.54, 1.807) is 17.0 Å². The minimum absolute atomic E-state index is 0.0136. The monoisotopic (exact) mass is 336 g/mol. The average molecular weight is 336 g/mol. The van der Waals surface area contributed by atoms with Crippen LogP contribution in [0.1, 0.15) is 31.7 Å². The number of ether oxygens (including phenoxy) is 1. The highest BCUT2D eigenvalue weighted by molar-refractivity contribution is 5.83. The minimum atomic E-state index is -0.319. The number of hydrogen-bond donors (Lipinski definition) is 1. The lowest BCUT2D eigenvalue weighted by atomic mass is 9.96. The van der Waals surface area contributed by atoms with Gasteiger partial charge in [0.15, 0.2) is 0 Å². The van der Waals surface area contributed by atoms with Crippen LogP contribution in [0.5, 0.6) is 0 Å². The highest BCUT2D eigenvalue weighted by Gasteiger charge is 2.30.